The molecule has 1 N–H and O–H groups in total. The van der Waals surface area contributed by atoms with Crippen molar-refractivity contribution >= 4 is 21.5 Å². The SMILES string of the molecule is C=S(C)(=O)N(CC(=O)NC(C)C(C)(C)C)C(C)(C)C. The third kappa shape index (κ3) is 6.43. The van der Waals surface area contributed by atoms with Gasteiger partial charge in [-0.3, -0.25) is 9.00 Å². The van der Waals surface area contributed by atoms with Crippen LogP contribution < -0.4 is 5.32 Å². The Bertz CT molecular complexity index is 414. The maximum Gasteiger partial charge on any atom is 0.235 e. The van der Waals surface area contributed by atoms with Crippen LogP contribution in [0.4, 0.5) is 0 Å². The predicted molar refractivity (Wildman–Crippen MR) is 84.7 cm³/mol. The van der Waals surface area contributed by atoms with Crippen LogP contribution in [-0.2, 0) is 14.5 Å². The summed E-state index contributed by atoms with van der Waals surface area (Å²) < 4.78 is 13.8. The molecule has 0 aromatic rings. The highest BCUT2D eigenvalue weighted by molar-refractivity contribution is 7.97. The second-order valence-electron chi connectivity index (χ2n) is 7.32. The van der Waals surface area contributed by atoms with Crippen molar-refractivity contribution in [3.8, 4) is 0 Å². The molecule has 0 aliphatic carbocycles. The molecule has 0 saturated heterocycles. The van der Waals surface area contributed by atoms with E-state index in [0.29, 0.717) is 0 Å². The van der Waals surface area contributed by atoms with E-state index < -0.39 is 9.71 Å². The van der Waals surface area contributed by atoms with Gasteiger partial charge in [-0.15, -0.1) is 0 Å². The minimum absolute atomic E-state index is 0.000310. The Morgan fingerprint density at radius 2 is 1.68 bits per heavy atom. The molecule has 0 bridgehead atoms. The van der Waals surface area contributed by atoms with E-state index >= 15 is 0 Å². The molecular weight excluding hydrogens is 260 g/mol. The number of hydrogen-bond donors (Lipinski definition) is 1. The van der Waals surface area contributed by atoms with Gasteiger partial charge in [0.1, 0.15) is 0 Å². The summed E-state index contributed by atoms with van der Waals surface area (Å²) in [7, 11) is -2.42. The third-order valence-corrected chi connectivity index (χ3v) is 4.79. The van der Waals surface area contributed by atoms with Crippen molar-refractivity contribution in [3.05, 3.63) is 0 Å². The van der Waals surface area contributed by atoms with Crippen LogP contribution >= 0.6 is 0 Å². The number of carbonyl (C=O) groups excluding carboxylic acids is 1. The fraction of sp³-hybridized carbons (Fsp3) is 0.857. The van der Waals surface area contributed by atoms with Crippen LogP contribution in [0.2, 0.25) is 0 Å². The normalized spacial score (nSPS) is 17.9. The summed E-state index contributed by atoms with van der Waals surface area (Å²) in [6.07, 6.45) is 1.57. The Hall–Kier alpha value is -0.550. The molecule has 5 heteroatoms. The van der Waals surface area contributed by atoms with E-state index in [2.05, 4.69) is 32.0 Å². The molecule has 0 spiro atoms. The van der Waals surface area contributed by atoms with Gasteiger partial charge >= 0.3 is 0 Å². The van der Waals surface area contributed by atoms with E-state index in [4.69, 9.17) is 0 Å². The lowest BCUT2D eigenvalue weighted by Crippen LogP contribution is -2.52. The molecule has 0 heterocycles. The van der Waals surface area contributed by atoms with Crippen molar-refractivity contribution in [2.24, 2.45) is 5.41 Å². The Kier molecular flexibility index (Phi) is 5.67. The smallest absolute Gasteiger partial charge is 0.235 e. The molecule has 2 atom stereocenters. The first-order chi connectivity index (χ1) is 8.15. The highest BCUT2D eigenvalue weighted by Gasteiger charge is 2.29. The Labute approximate surface area is 119 Å². The number of carbonyl (C=O) groups is 1. The van der Waals surface area contributed by atoms with E-state index in [9.17, 15) is 9.00 Å². The maximum atomic E-state index is 12.2. The zero-order valence-electron chi connectivity index (χ0n) is 13.7. The summed E-state index contributed by atoms with van der Waals surface area (Å²) in [5, 5.41) is 2.96. The van der Waals surface area contributed by atoms with E-state index in [0.717, 1.165) is 0 Å². The predicted octanol–water partition coefficient (Wildman–Crippen LogP) is 1.90. The lowest BCUT2D eigenvalue weighted by molar-refractivity contribution is -0.123. The van der Waals surface area contributed by atoms with Gasteiger partial charge in [-0.2, -0.15) is 0 Å². The van der Waals surface area contributed by atoms with Crippen LogP contribution in [0.5, 0.6) is 0 Å². The van der Waals surface area contributed by atoms with Crippen LogP contribution in [0.25, 0.3) is 0 Å². The molecule has 4 nitrogen and oxygen atoms in total. The third-order valence-electron chi connectivity index (χ3n) is 3.18. The van der Waals surface area contributed by atoms with Gasteiger partial charge in [0.05, 0.1) is 6.54 Å². The fourth-order valence-electron chi connectivity index (χ4n) is 1.59. The molecule has 0 fully saturated rings. The molecule has 0 saturated carbocycles. The van der Waals surface area contributed by atoms with Crippen molar-refractivity contribution in [2.45, 2.75) is 60.0 Å². The lowest BCUT2D eigenvalue weighted by Gasteiger charge is -2.36. The van der Waals surface area contributed by atoms with Crippen molar-refractivity contribution in [1.29, 1.82) is 0 Å². The zero-order valence-corrected chi connectivity index (χ0v) is 14.5. The van der Waals surface area contributed by atoms with Crippen molar-refractivity contribution < 1.29 is 9.00 Å². The van der Waals surface area contributed by atoms with E-state index in [1.807, 2.05) is 27.7 Å². The van der Waals surface area contributed by atoms with Crippen molar-refractivity contribution in [3.63, 3.8) is 0 Å². The number of amides is 1. The quantitative estimate of drug-likeness (QED) is 0.804. The zero-order chi connectivity index (χ0) is 15.6. The second-order valence-corrected chi connectivity index (χ2v) is 9.68. The summed E-state index contributed by atoms with van der Waals surface area (Å²) >= 11 is 0. The van der Waals surface area contributed by atoms with Crippen LogP contribution in [0.15, 0.2) is 0 Å². The van der Waals surface area contributed by atoms with Crippen molar-refractivity contribution in [1.82, 2.24) is 9.62 Å². The van der Waals surface area contributed by atoms with Gasteiger partial charge in [-0.25, -0.2) is 4.31 Å². The maximum absolute atomic E-state index is 12.2. The van der Waals surface area contributed by atoms with Gasteiger partial charge in [0.25, 0.3) is 0 Å². The van der Waals surface area contributed by atoms with Gasteiger partial charge in [0, 0.05) is 27.5 Å². The van der Waals surface area contributed by atoms with Gasteiger partial charge in [-0.05, 0) is 39.0 Å². The molecule has 0 aromatic carbocycles. The minimum atomic E-state index is -2.42. The highest BCUT2D eigenvalue weighted by Crippen LogP contribution is 2.19. The van der Waals surface area contributed by atoms with E-state index in [1.165, 1.54) is 0 Å². The average molecular weight is 290 g/mol. The number of rotatable bonds is 4. The highest BCUT2D eigenvalue weighted by atomic mass is 32.2. The number of nitrogens with zero attached hydrogens (tertiary/aromatic N) is 1. The average Bonchev–Trinajstić information content (AvgIpc) is 2.08. The van der Waals surface area contributed by atoms with E-state index in [-0.39, 0.29) is 29.4 Å². The molecule has 0 rings (SSSR count). The monoisotopic (exact) mass is 290 g/mol. The van der Waals surface area contributed by atoms with E-state index in [1.54, 1.807) is 10.6 Å². The molecule has 2 unspecified atom stereocenters. The summed E-state index contributed by atoms with van der Waals surface area (Å²) in [5.41, 5.74) is -0.365. The second kappa shape index (κ2) is 5.83. The molecule has 114 valence electrons. The molecule has 0 aliphatic heterocycles. The van der Waals surface area contributed by atoms with Gasteiger partial charge in [0.2, 0.25) is 5.91 Å². The number of hydrogen-bond acceptors (Lipinski definition) is 2. The summed E-state index contributed by atoms with van der Waals surface area (Å²) in [5.74, 6) is 3.58. The molecule has 0 aromatic heterocycles. The largest absolute Gasteiger partial charge is 0.352 e. The molecule has 1 amide bonds. The van der Waals surface area contributed by atoms with Crippen LogP contribution in [0, 0.1) is 5.41 Å². The van der Waals surface area contributed by atoms with Crippen molar-refractivity contribution in [2.75, 3.05) is 12.8 Å². The Morgan fingerprint density at radius 1 is 1.26 bits per heavy atom. The first-order valence-electron chi connectivity index (χ1n) is 6.55. The topological polar surface area (TPSA) is 49.4 Å². The molecule has 19 heavy (non-hydrogen) atoms. The first-order valence-corrected chi connectivity index (χ1v) is 8.64. The first kappa shape index (κ1) is 18.4. The molecular formula is C14H30N2O2S. The molecule has 0 aliphatic rings. The molecule has 0 radical (unpaired) electrons. The lowest BCUT2D eigenvalue weighted by atomic mass is 9.88. The van der Waals surface area contributed by atoms with Gasteiger partial charge in [-0.1, -0.05) is 20.8 Å². The minimum Gasteiger partial charge on any atom is -0.352 e. The van der Waals surface area contributed by atoms with Crippen LogP contribution in [-0.4, -0.2) is 44.7 Å². The van der Waals surface area contributed by atoms with Crippen LogP contribution in [0.3, 0.4) is 0 Å². The van der Waals surface area contributed by atoms with Crippen LogP contribution in [0.1, 0.15) is 48.5 Å². The van der Waals surface area contributed by atoms with Gasteiger partial charge in [0.15, 0.2) is 0 Å². The Balaban J connectivity index is 4.87. The van der Waals surface area contributed by atoms with Gasteiger partial charge < -0.3 is 5.32 Å². The fourth-order valence-corrected chi connectivity index (χ4v) is 3.14. The summed E-state index contributed by atoms with van der Waals surface area (Å²) in [6.45, 7) is 14.1. The summed E-state index contributed by atoms with van der Waals surface area (Å²) in [4.78, 5) is 12.1. The Morgan fingerprint density at radius 3 is 1.95 bits per heavy atom. The standard InChI is InChI=1S/C14H30N2O2S/c1-11(13(2,3)4)15-12(17)10-16(14(5,6)7)19(8,9)18/h11H,8,10H2,1-7,9H3,(H,15,17). The number of nitrogens with one attached hydrogen (secondary N) is 1. The summed E-state index contributed by atoms with van der Waals surface area (Å²) in [6, 6.07) is 0.0551.